The molecule has 0 bridgehead atoms. The van der Waals surface area contributed by atoms with Crippen molar-refractivity contribution < 1.29 is 39.0 Å². The van der Waals surface area contributed by atoms with E-state index in [4.69, 9.17) is 24.7 Å². The van der Waals surface area contributed by atoms with Gasteiger partial charge in [-0.2, -0.15) is 0 Å². The van der Waals surface area contributed by atoms with Gasteiger partial charge in [0.15, 0.2) is 5.60 Å². The Balaban J connectivity index is 0.957. The van der Waals surface area contributed by atoms with Crippen molar-refractivity contribution in [3.8, 4) is 0 Å². The number of quaternary nitrogens is 1. The molecule has 5 N–H and O–H groups in total. The standard InChI is InChI=1S/C34H54N2O7/c1-17-13-23(37)29-25(40-17)16-24-22(31(29)38)15-27(33(2,3)42-24)41-32(39)34(4)26(43-34)12-10-19-14-28(35)36-30-20-8-6-5-7-18(20)9-11-21(19)30/h17-22,24-31,36,38H,5-16,35H2,1-4H3/p+1. The van der Waals surface area contributed by atoms with E-state index in [-0.39, 0.29) is 48.3 Å². The Hall–Kier alpha value is -1.10. The monoisotopic (exact) mass is 603 g/mol. The number of rotatable bonds is 5. The molecule has 4 aliphatic heterocycles. The van der Waals surface area contributed by atoms with Crippen LogP contribution < -0.4 is 11.1 Å². The Bertz CT molecular complexity index is 1080. The van der Waals surface area contributed by atoms with Crippen molar-refractivity contribution in [1.82, 2.24) is 0 Å². The van der Waals surface area contributed by atoms with E-state index >= 15 is 0 Å². The Kier molecular flexibility index (Phi) is 8.03. The number of nitrogens with two attached hydrogens (primary N) is 2. The van der Waals surface area contributed by atoms with Gasteiger partial charge in [-0.25, -0.2) is 4.79 Å². The summed E-state index contributed by atoms with van der Waals surface area (Å²) in [6.07, 6.45) is 10.4. The van der Waals surface area contributed by atoms with Crippen molar-refractivity contribution in [2.45, 2.75) is 165 Å². The smallest absolute Gasteiger partial charge is 0.341 e. The molecule has 15 atom stereocenters. The summed E-state index contributed by atoms with van der Waals surface area (Å²) in [6.45, 7) is 7.66. The van der Waals surface area contributed by atoms with Crippen LogP contribution in [0.2, 0.25) is 0 Å². The summed E-state index contributed by atoms with van der Waals surface area (Å²) >= 11 is 0. The number of carbonyl (C=O) groups excluding carboxylic acids is 2. The molecule has 0 spiro atoms. The highest BCUT2D eigenvalue weighted by atomic mass is 16.7. The molecular weight excluding hydrogens is 548 g/mol. The number of ketones is 1. The largest absolute Gasteiger partial charge is 0.457 e. The van der Waals surface area contributed by atoms with Crippen LogP contribution in [0.5, 0.6) is 0 Å². The van der Waals surface area contributed by atoms with Crippen LogP contribution in [-0.2, 0) is 28.5 Å². The predicted molar refractivity (Wildman–Crippen MR) is 157 cm³/mol. The maximum atomic E-state index is 13.6. The molecular formula is C34H55N2O7+. The maximum absolute atomic E-state index is 13.6. The van der Waals surface area contributed by atoms with Gasteiger partial charge in [0.25, 0.3) is 0 Å². The second-order valence-corrected chi connectivity index (χ2v) is 16.1. The molecule has 7 fully saturated rings. The van der Waals surface area contributed by atoms with Crippen molar-refractivity contribution in [3.05, 3.63) is 0 Å². The number of epoxide rings is 1. The number of fused-ring (bicyclic) bond motifs is 5. The van der Waals surface area contributed by atoms with Crippen LogP contribution in [0.25, 0.3) is 0 Å². The molecule has 7 aliphatic rings. The molecule has 7 rings (SSSR count). The van der Waals surface area contributed by atoms with E-state index in [0.717, 1.165) is 37.0 Å². The number of piperidine rings is 1. The van der Waals surface area contributed by atoms with Crippen molar-refractivity contribution in [1.29, 1.82) is 0 Å². The molecule has 15 unspecified atom stereocenters. The van der Waals surface area contributed by atoms with Gasteiger partial charge in [-0.3, -0.25) is 10.5 Å². The zero-order valence-electron chi connectivity index (χ0n) is 26.6. The zero-order chi connectivity index (χ0) is 30.3. The minimum absolute atomic E-state index is 0.0599. The third-order valence-corrected chi connectivity index (χ3v) is 13.0. The van der Waals surface area contributed by atoms with E-state index in [1.807, 2.05) is 27.7 Å². The van der Waals surface area contributed by atoms with Gasteiger partial charge < -0.3 is 29.4 Å². The Labute approximate surface area is 256 Å². The molecule has 4 saturated heterocycles. The minimum Gasteiger partial charge on any atom is -0.457 e. The van der Waals surface area contributed by atoms with E-state index in [1.54, 1.807) is 0 Å². The Morgan fingerprint density at radius 3 is 2.60 bits per heavy atom. The van der Waals surface area contributed by atoms with E-state index in [1.165, 1.54) is 38.5 Å². The average molecular weight is 604 g/mol. The normalized spacial score (nSPS) is 52.2. The maximum Gasteiger partial charge on any atom is 0.341 e. The summed E-state index contributed by atoms with van der Waals surface area (Å²) < 4.78 is 24.8. The van der Waals surface area contributed by atoms with E-state index < -0.39 is 29.3 Å². The fraction of sp³-hybridized carbons (Fsp3) is 0.941. The van der Waals surface area contributed by atoms with Gasteiger partial charge in [0.05, 0.1) is 48.1 Å². The number of esters is 1. The third-order valence-electron chi connectivity index (χ3n) is 13.0. The first-order chi connectivity index (χ1) is 20.4. The van der Waals surface area contributed by atoms with Gasteiger partial charge in [0.1, 0.15) is 18.1 Å². The third kappa shape index (κ3) is 5.52. The lowest BCUT2D eigenvalue weighted by Crippen LogP contribution is -3.02. The molecule has 0 aromatic rings. The molecule has 9 nitrogen and oxygen atoms in total. The first-order valence-electron chi connectivity index (χ1n) is 17.5. The number of aliphatic hydroxyl groups excluding tert-OH is 1. The molecule has 0 aromatic carbocycles. The van der Waals surface area contributed by atoms with Gasteiger partial charge in [0, 0.05) is 37.0 Å². The SMILES string of the molecule is CC1CC(=O)C2C(CC3OC(C)(C)C(OC(=O)C4(C)OC4CCC4CC(N)[NH2+]C5C6CCCCC6CCC45)CC3C2O)O1. The molecule has 3 saturated carbocycles. The zero-order valence-corrected chi connectivity index (χ0v) is 26.6. The van der Waals surface area contributed by atoms with Crippen LogP contribution in [0, 0.1) is 35.5 Å². The lowest BCUT2D eigenvalue weighted by atomic mass is 9.59. The van der Waals surface area contributed by atoms with Crippen LogP contribution in [0.4, 0.5) is 0 Å². The summed E-state index contributed by atoms with van der Waals surface area (Å²) in [6, 6.07) is 0.658. The topological polar surface area (TPSA) is 137 Å². The van der Waals surface area contributed by atoms with Gasteiger partial charge in [-0.05, 0) is 84.5 Å². The first-order valence-corrected chi connectivity index (χ1v) is 17.5. The van der Waals surface area contributed by atoms with Crippen LogP contribution in [-0.4, -0.2) is 76.9 Å². The van der Waals surface area contributed by atoms with Crippen molar-refractivity contribution >= 4 is 11.8 Å². The quantitative estimate of drug-likeness (QED) is 0.322. The summed E-state index contributed by atoms with van der Waals surface area (Å²) in [7, 11) is 0. The lowest BCUT2D eigenvalue weighted by Gasteiger charge is -2.53. The Morgan fingerprint density at radius 1 is 1.00 bits per heavy atom. The second-order valence-electron chi connectivity index (χ2n) is 16.1. The van der Waals surface area contributed by atoms with E-state index in [9.17, 15) is 14.7 Å². The van der Waals surface area contributed by atoms with Crippen LogP contribution in [0.1, 0.15) is 105 Å². The summed E-state index contributed by atoms with van der Waals surface area (Å²) in [5, 5.41) is 13.8. The average Bonchev–Trinajstić information content (AvgIpc) is 3.62. The molecule has 9 heteroatoms. The summed E-state index contributed by atoms with van der Waals surface area (Å²) in [5.41, 5.74) is 4.92. The minimum atomic E-state index is -0.949. The van der Waals surface area contributed by atoms with Crippen molar-refractivity contribution in [2.75, 3.05) is 0 Å². The lowest BCUT2D eigenvalue weighted by molar-refractivity contribution is -0.749. The molecule has 3 aliphatic carbocycles. The van der Waals surface area contributed by atoms with Gasteiger partial charge in [-0.15, -0.1) is 0 Å². The highest BCUT2D eigenvalue weighted by Gasteiger charge is 2.62. The first kappa shape index (κ1) is 30.5. The summed E-state index contributed by atoms with van der Waals surface area (Å²) in [4.78, 5) is 26.4. The number of carbonyl (C=O) groups is 2. The molecule has 0 aromatic heterocycles. The molecule has 242 valence electrons. The number of aliphatic hydroxyl groups is 1. The second kappa shape index (κ2) is 11.3. The van der Waals surface area contributed by atoms with E-state index in [2.05, 4.69) is 5.32 Å². The highest BCUT2D eigenvalue weighted by molar-refractivity contribution is 5.84. The molecule has 0 amide bonds. The molecule has 4 heterocycles. The number of ether oxygens (including phenoxy) is 4. The van der Waals surface area contributed by atoms with Crippen LogP contribution in [0.15, 0.2) is 0 Å². The molecule has 43 heavy (non-hydrogen) atoms. The van der Waals surface area contributed by atoms with Crippen molar-refractivity contribution in [3.63, 3.8) is 0 Å². The van der Waals surface area contributed by atoms with Gasteiger partial charge >= 0.3 is 5.97 Å². The fourth-order valence-corrected chi connectivity index (χ4v) is 10.6. The Morgan fingerprint density at radius 2 is 1.79 bits per heavy atom. The summed E-state index contributed by atoms with van der Waals surface area (Å²) in [5.74, 6) is 1.91. The van der Waals surface area contributed by atoms with Gasteiger partial charge in [0.2, 0.25) is 0 Å². The van der Waals surface area contributed by atoms with Crippen molar-refractivity contribution in [2.24, 2.45) is 41.2 Å². The number of Topliss-reactive ketones (excluding diaryl/α,β-unsaturated/α-hetero) is 1. The van der Waals surface area contributed by atoms with E-state index in [0.29, 0.717) is 31.2 Å². The van der Waals surface area contributed by atoms with Crippen LogP contribution in [0.3, 0.4) is 0 Å². The fourth-order valence-electron chi connectivity index (χ4n) is 10.6. The van der Waals surface area contributed by atoms with Crippen LogP contribution >= 0.6 is 0 Å². The number of hydrogen-bond acceptors (Lipinski definition) is 8. The highest BCUT2D eigenvalue weighted by Crippen LogP contribution is 2.50. The van der Waals surface area contributed by atoms with Gasteiger partial charge in [-0.1, -0.05) is 12.8 Å². The number of hydrogen-bond donors (Lipinski definition) is 3. The predicted octanol–water partition coefficient (Wildman–Crippen LogP) is 2.60. The molecule has 0 radical (unpaired) electrons.